The summed E-state index contributed by atoms with van der Waals surface area (Å²) in [7, 11) is 0. The second-order valence-corrected chi connectivity index (χ2v) is 5.50. The van der Waals surface area contributed by atoms with E-state index >= 15 is 0 Å². The van der Waals surface area contributed by atoms with Crippen LogP contribution in [0.15, 0.2) is 23.3 Å². The molecule has 1 aromatic rings. The third-order valence-corrected chi connectivity index (χ3v) is 3.87. The standard InChI is InChI=1S/C13H15IN4O4/c1-9(19)18(14)6-2-3-7-22-12-8-10(16-17-15)4-5-11(12)13(20)21/h4-5,8H,2-3,6-7H2,1H3,(H,20,21). The molecule has 0 aromatic heterocycles. The molecule has 118 valence electrons. The van der Waals surface area contributed by atoms with Gasteiger partial charge in [-0.1, -0.05) is 11.2 Å². The number of carbonyl (C=O) groups excluding carboxylic acids is 1. The van der Waals surface area contributed by atoms with E-state index in [1.807, 2.05) is 22.9 Å². The minimum Gasteiger partial charge on any atom is -0.493 e. The van der Waals surface area contributed by atoms with Crippen LogP contribution in [-0.4, -0.2) is 33.2 Å². The molecular formula is C13H15IN4O4. The van der Waals surface area contributed by atoms with E-state index in [0.29, 0.717) is 19.6 Å². The van der Waals surface area contributed by atoms with Crippen LogP contribution in [0.5, 0.6) is 5.75 Å². The summed E-state index contributed by atoms with van der Waals surface area (Å²) < 4.78 is 7.03. The highest BCUT2D eigenvalue weighted by Gasteiger charge is 2.12. The third-order valence-electron chi connectivity index (χ3n) is 2.70. The molecule has 0 fully saturated rings. The minimum absolute atomic E-state index is 0.0103. The Morgan fingerprint density at radius 1 is 1.45 bits per heavy atom. The van der Waals surface area contributed by atoms with Gasteiger partial charge in [0.1, 0.15) is 11.3 Å². The van der Waals surface area contributed by atoms with Crippen molar-refractivity contribution in [2.45, 2.75) is 19.8 Å². The number of unbranched alkanes of at least 4 members (excludes halogenated alkanes) is 1. The minimum atomic E-state index is -1.11. The molecule has 1 aromatic carbocycles. The molecular weight excluding hydrogens is 403 g/mol. The zero-order valence-corrected chi connectivity index (χ0v) is 14.1. The number of carbonyl (C=O) groups is 2. The first-order valence-electron chi connectivity index (χ1n) is 6.45. The molecule has 0 unspecified atom stereocenters. The van der Waals surface area contributed by atoms with Gasteiger partial charge in [-0.2, -0.15) is 0 Å². The predicted molar refractivity (Wildman–Crippen MR) is 88.3 cm³/mol. The molecule has 22 heavy (non-hydrogen) atoms. The number of rotatable bonds is 8. The van der Waals surface area contributed by atoms with E-state index in [9.17, 15) is 9.59 Å². The van der Waals surface area contributed by atoms with Crippen molar-refractivity contribution in [3.8, 4) is 5.75 Å². The van der Waals surface area contributed by atoms with E-state index in [4.69, 9.17) is 15.4 Å². The molecule has 8 nitrogen and oxygen atoms in total. The van der Waals surface area contributed by atoms with Crippen molar-refractivity contribution in [2.24, 2.45) is 5.11 Å². The number of carboxylic acids is 1. The van der Waals surface area contributed by atoms with Crippen LogP contribution in [0.1, 0.15) is 30.1 Å². The van der Waals surface area contributed by atoms with Gasteiger partial charge < -0.3 is 9.84 Å². The lowest BCUT2D eigenvalue weighted by atomic mass is 10.2. The van der Waals surface area contributed by atoms with E-state index in [1.165, 1.54) is 25.1 Å². The molecule has 0 saturated heterocycles. The molecule has 0 bridgehead atoms. The first kappa shape index (κ1) is 18.1. The maximum absolute atomic E-state index is 11.1. The Morgan fingerprint density at radius 3 is 2.77 bits per heavy atom. The number of benzene rings is 1. The normalized spacial score (nSPS) is 9.73. The summed E-state index contributed by atoms with van der Waals surface area (Å²) in [6.07, 6.45) is 1.40. The van der Waals surface area contributed by atoms with Gasteiger partial charge in [0.15, 0.2) is 0 Å². The molecule has 0 saturated carbocycles. The van der Waals surface area contributed by atoms with Crippen molar-refractivity contribution in [3.63, 3.8) is 0 Å². The SMILES string of the molecule is CC(=O)N(I)CCCCOc1cc(N=[N+]=[N-])ccc1C(=O)O. The van der Waals surface area contributed by atoms with Crippen LogP contribution in [0.3, 0.4) is 0 Å². The van der Waals surface area contributed by atoms with Crippen LogP contribution in [0.25, 0.3) is 10.4 Å². The summed E-state index contributed by atoms with van der Waals surface area (Å²) in [5, 5.41) is 12.5. The second kappa shape index (κ2) is 9.11. The largest absolute Gasteiger partial charge is 0.493 e. The maximum Gasteiger partial charge on any atom is 0.339 e. The smallest absolute Gasteiger partial charge is 0.339 e. The molecule has 0 heterocycles. The first-order chi connectivity index (χ1) is 10.5. The molecule has 1 rings (SSSR count). The molecule has 0 aliphatic heterocycles. The van der Waals surface area contributed by atoms with E-state index in [-0.39, 0.29) is 22.9 Å². The molecule has 9 heteroatoms. The van der Waals surface area contributed by atoms with Crippen LogP contribution in [0.2, 0.25) is 0 Å². The number of hydrogen-bond acceptors (Lipinski definition) is 4. The van der Waals surface area contributed by atoms with Crippen LogP contribution in [0.4, 0.5) is 5.69 Å². The maximum atomic E-state index is 11.1. The Bertz CT molecular complexity index is 602. The first-order valence-corrected chi connectivity index (χ1v) is 7.41. The van der Waals surface area contributed by atoms with Gasteiger partial charge >= 0.3 is 5.97 Å². The Balaban J connectivity index is 2.60. The molecule has 0 radical (unpaired) electrons. The Morgan fingerprint density at radius 2 is 2.18 bits per heavy atom. The monoisotopic (exact) mass is 418 g/mol. The second-order valence-electron chi connectivity index (χ2n) is 4.34. The van der Waals surface area contributed by atoms with E-state index in [2.05, 4.69) is 10.0 Å². The van der Waals surface area contributed by atoms with Crippen LogP contribution in [0, 0.1) is 0 Å². The van der Waals surface area contributed by atoms with Crippen LogP contribution < -0.4 is 4.74 Å². The average molecular weight is 418 g/mol. The van der Waals surface area contributed by atoms with Gasteiger partial charge in [-0.3, -0.25) is 7.91 Å². The lowest BCUT2D eigenvalue weighted by Crippen LogP contribution is -2.18. The predicted octanol–water partition coefficient (Wildman–Crippen LogP) is 3.68. The van der Waals surface area contributed by atoms with E-state index in [0.717, 1.165) is 6.42 Å². The van der Waals surface area contributed by atoms with Crippen molar-refractivity contribution in [3.05, 3.63) is 34.2 Å². The van der Waals surface area contributed by atoms with Gasteiger partial charge in [0.05, 0.1) is 29.5 Å². The van der Waals surface area contributed by atoms with Crippen molar-refractivity contribution in [2.75, 3.05) is 13.2 Å². The lowest BCUT2D eigenvalue weighted by Gasteiger charge is -2.13. The Labute approximate surface area is 141 Å². The summed E-state index contributed by atoms with van der Waals surface area (Å²) in [6.45, 7) is 2.40. The summed E-state index contributed by atoms with van der Waals surface area (Å²) >= 11 is 1.94. The number of halogens is 1. The van der Waals surface area contributed by atoms with Gasteiger partial charge in [0, 0.05) is 24.1 Å². The summed E-state index contributed by atoms with van der Waals surface area (Å²) in [5.41, 5.74) is 8.70. The number of hydrogen-bond donors (Lipinski definition) is 1. The van der Waals surface area contributed by atoms with Crippen LogP contribution >= 0.6 is 22.9 Å². The van der Waals surface area contributed by atoms with Crippen molar-refractivity contribution in [1.29, 1.82) is 0 Å². The van der Waals surface area contributed by atoms with Gasteiger partial charge in [-0.25, -0.2) is 4.79 Å². The summed E-state index contributed by atoms with van der Waals surface area (Å²) in [6, 6.07) is 4.14. The van der Waals surface area contributed by atoms with E-state index < -0.39 is 5.97 Å². The average Bonchev–Trinajstić information content (AvgIpc) is 2.46. The number of carboxylic acid groups (broad SMARTS) is 1. The molecule has 0 atom stereocenters. The fourth-order valence-electron chi connectivity index (χ4n) is 1.61. The number of aromatic carboxylic acids is 1. The Kier molecular flexibility index (Phi) is 7.47. The lowest BCUT2D eigenvalue weighted by molar-refractivity contribution is -0.123. The summed E-state index contributed by atoms with van der Waals surface area (Å²) in [5.74, 6) is -0.968. The molecule has 0 spiro atoms. The fourth-order valence-corrected chi connectivity index (χ4v) is 1.95. The summed E-state index contributed by atoms with van der Waals surface area (Å²) in [4.78, 5) is 24.8. The third kappa shape index (κ3) is 5.78. The molecule has 1 N–H and O–H groups in total. The van der Waals surface area contributed by atoms with Gasteiger partial charge in [-0.05, 0) is 30.5 Å². The van der Waals surface area contributed by atoms with Gasteiger partial charge in [0.25, 0.3) is 0 Å². The highest BCUT2D eigenvalue weighted by Crippen LogP contribution is 2.25. The van der Waals surface area contributed by atoms with Crippen molar-refractivity contribution < 1.29 is 19.4 Å². The highest BCUT2D eigenvalue weighted by atomic mass is 127. The van der Waals surface area contributed by atoms with Gasteiger partial charge in [-0.15, -0.1) is 0 Å². The molecule has 0 aliphatic carbocycles. The number of azide groups is 1. The fraction of sp³-hybridized carbons (Fsp3) is 0.385. The molecule has 1 amide bonds. The van der Waals surface area contributed by atoms with Gasteiger partial charge in [0.2, 0.25) is 5.91 Å². The van der Waals surface area contributed by atoms with Crippen molar-refractivity contribution >= 4 is 40.4 Å². The zero-order valence-electron chi connectivity index (χ0n) is 11.9. The van der Waals surface area contributed by atoms with Crippen molar-refractivity contribution in [1.82, 2.24) is 3.11 Å². The topological polar surface area (TPSA) is 116 Å². The highest BCUT2D eigenvalue weighted by molar-refractivity contribution is 14.1. The zero-order chi connectivity index (χ0) is 16.5. The quantitative estimate of drug-likeness (QED) is 0.173. The van der Waals surface area contributed by atoms with Crippen LogP contribution in [-0.2, 0) is 4.79 Å². The van der Waals surface area contributed by atoms with E-state index in [1.54, 1.807) is 3.11 Å². The number of ether oxygens (including phenoxy) is 1. The molecule has 0 aliphatic rings. The Hall–Kier alpha value is -2.00. The number of nitrogens with zero attached hydrogens (tertiary/aromatic N) is 4. The number of amides is 1.